The minimum atomic E-state index is -0.721. The van der Waals surface area contributed by atoms with Gasteiger partial charge in [-0.2, -0.15) is 0 Å². The smallest absolute Gasteiger partial charge is 0.251 e. The molecular formula is C27H42N4O5. The van der Waals surface area contributed by atoms with Crippen LogP contribution in [0.4, 0.5) is 5.69 Å². The Morgan fingerprint density at radius 1 is 1.11 bits per heavy atom. The van der Waals surface area contributed by atoms with Crippen molar-refractivity contribution < 1.29 is 23.9 Å². The van der Waals surface area contributed by atoms with Gasteiger partial charge in [0.25, 0.3) is 5.91 Å². The van der Waals surface area contributed by atoms with E-state index in [-0.39, 0.29) is 36.0 Å². The van der Waals surface area contributed by atoms with Crippen molar-refractivity contribution in [3.05, 3.63) is 29.8 Å². The van der Waals surface area contributed by atoms with Gasteiger partial charge in [0, 0.05) is 43.3 Å². The molecule has 9 nitrogen and oxygen atoms in total. The Morgan fingerprint density at radius 3 is 2.50 bits per heavy atom. The Morgan fingerprint density at radius 2 is 1.83 bits per heavy atom. The number of amides is 2. The third-order valence-corrected chi connectivity index (χ3v) is 6.69. The van der Waals surface area contributed by atoms with Crippen LogP contribution in [0, 0.1) is 11.8 Å². The largest absolute Gasteiger partial charge is 0.384 e. The summed E-state index contributed by atoms with van der Waals surface area (Å²) >= 11 is 0. The Bertz CT molecular complexity index is 852. The van der Waals surface area contributed by atoms with Crippen molar-refractivity contribution in [2.45, 2.75) is 52.1 Å². The van der Waals surface area contributed by atoms with E-state index in [1.54, 1.807) is 12.1 Å². The molecule has 2 aliphatic rings. The third kappa shape index (κ3) is 8.57. The molecule has 0 spiro atoms. The van der Waals surface area contributed by atoms with Gasteiger partial charge in [-0.15, -0.1) is 0 Å². The number of anilines is 1. The number of rotatable bonds is 12. The van der Waals surface area contributed by atoms with Crippen LogP contribution in [0.5, 0.6) is 0 Å². The average Bonchev–Trinajstić information content (AvgIpc) is 2.86. The fraction of sp³-hybridized carbons (Fsp3) is 0.667. The fourth-order valence-corrected chi connectivity index (χ4v) is 4.70. The molecule has 0 radical (unpaired) electrons. The predicted molar refractivity (Wildman–Crippen MR) is 139 cm³/mol. The van der Waals surface area contributed by atoms with Gasteiger partial charge in [0.15, 0.2) is 5.78 Å². The van der Waals surface area contributed by atoms with E-state index in [0.717, 1.165) is 57.9 Å². The molecule has 0 bridgehead atoms. The van der Waals surface area contributed by atoms with E-state index in [9.17, 15) is 14.4 Å². The number of morpholine rings is 1. The minimum Gasteiger partial charge on any atom is -0.384 e. The van der Waals surface area contributed by atoms with Crippen molar-refractivity contribution in [3.63, 3.8) is 0 Å². The van der Waals surface area contributed by atoms with Gasteiger partial charge in [0.05, 0.1) is 25.9 Å². The summed E-state index contributed by atoms with van der Waals surface area (Å²) in [6, 6.07) is 5.98. The van der Waals surface area contributed by atoms with Gasteiger partial charge in [0.1, 0.15) is 12.6 Å². The monoisotopic (exact) mass is 502 g/mol. The highest BCUT2D eigenvalue weighted by Gasteiger charge is 2.35. The van der Waals surface area contributed by atoms with Gasteiger partial charge < -0.3 is 25.4 Å². The number of carbonyl (C=O) groups is 3. The van der Waals surface area contributed by atoms with E-state index >= 15 is 0 Å². The second-order valence-electron chi connectivity index (χ2n) is 10.1. The van der Waals surface area contributed by atoms with Crippen molar-refractivity contribution in [2.24, 2.45) is 11.8 Å². The highest BCUT2D eigenvalue weighted by molar-refractivity contribution is 5.99. The maximum absolute atomic E-state index is 13.2. The van der Waals surface area contributed by atoms with Crippen molar-refractivity contribution in [3.8, 4) is 0 Å². The molecular weight excluding hydrogens is 460 g/mol. The maximum Gasteiger partial charge on any atom is 0.251 e. The van der Waals surface area contributed by atoms with Crippen LogP contribution in [0.25, 0.3) is 0 Å². The molecule has 1 aromatic carbocycles. The minimum absolute atomic E-state index is 0.0131. The van der Waals surface area contributed by atoms with Crippen LogP contribution in [0.2, 0.25) is 0 Å². The molecule has 3 rings (SSSR count). The van der Waals surface area contributed by atoms with Gasteiger partial charge in [-0.05, 0) is 43.0 Å². The molecule has 0 aliphatic carbocycles. The van der Waals surface area contributed by atoms with Gasteiger partial charge in [-0.3, -0.25) is 19.3 Å². The van der Waals surface area contributed by atoms with Crippen LogP contribution in [0.15, 0.2) is 24.3 Å². The van der Waals surface area contributed by atoms with Crippen LogP contribution < -0.4 is 16.0 Å². The summed E-state index contributed by atoms with van der Waals surface area (Å²) in [5.74, 6) is -0.590. The van der Waals surface area contributed by atoms with Gasteiger partial charge in [0.2, 0.25) is 5.91 Å². The van der Waals surface area contributed by atoms with E-state index in [1.807, 2.05) is 32.9 Å². The number of benzene rings is 1. The van der Waals surface area contributed by atoms with Crippen molar-refractivity contribution in [2.75, 3.05) is 57.9 Å². The fourth-order valence-electron chi connectivity index (χ4n) is 4.70. The van der Waals surface area contributed by atoms with E-state index in [1.165, 1.54) is 0 Å². The quantitative estimate of drug-likeness (QED) is 0.402. The Kier molecular flexibility index (Phi) is 11.2. The first-order valence-electron chi connectivity index (χ1n) is 13.2. The summed E-state index contributed by atoms with van der Waals surface area (Å²) in [4.78, 5) is 41.0. The number of Topliss-reactive ketones (excluding diaryl/α,β-unsaturated/α-hetero) is 1. The molecule has 3 atom stereocenters. The topological polar surface area (TPSA) is 109 Å². The Labute approximate surface area is 214 Å². The third-order valence-electron chi connectivity index (χ3n) is 6.69. The molecule has 2 saturated heterocycles. The summed E-state index contributed by atoms with van der Waals surface area (Å²) in [5, 5.41) is 9.20. The molecule has 2 heterocycles. The number of hydrogen-bond acceptors (Lipinski definition) is 7. The predicted octanol–water partition coefficient (Wildman–Crippen LogP) is 2.08. The molecule has 0 aromatic heterocycles. The summed E-state index contributed by atoms with van der Waals surface area (Å²) < 4.78 is 10.8. The molecule has 1 aromatic rings. The second-order valence-corrected chi connectivity index (χ2v) is 10.1. The number of hydrogen-bond donors (Lipinski definition) is 3. The van der Waals surface area contributed by atoms with Gasteiger partial charge in [-0.25, -0.2) is 0 Å². The van der Waals surface area contributed by atoms with E-state index < -0.39 is 12.1 Å². The summed E-state index contributed by atoms with van der Waals surface area (Å²) in [7, 11) is 0. The molecule has 200 valence electrons. The summed E-state index contributed by atoms with van der Waals surface area (Å²) in [6.07, 6.45) is 2.18. The number of nitrogens with zero attached hydrogens (tertiary/aromatic N) is 1. The average molecular weight is 503 g/mol. The lowest BCUT2D eigenvalue weighted by Crippen LogP contribution is -2.57. The van der Waals surface area contributed by atoms with Crippen molar-refractivity contribution >= 4 is 23.3 Å². The first-order chi connectivity index (χ1) is 17.4. The summed E-state index contributed by atoms with van der Waals surface area (Å²) in [6.45, 7) is 11.7. The zero-order valence-corrected chi connectivity index (χ0v) is 21.9. The SMILES string of the molecule is CCCC1COCC(=O)[C@H]1NC(=O)[C@H](CC(C)C)NC(=O)c1ccc(NCCN2CCOCC2)cc1. The lowest BCUT2D eigenvalue weighted by Gasteiger charge is -2.32. The Hall–Kier alpha value is -2.49. The van der Waals surface area contributed by atoms with Crippen LogP contribution in [-0.4, -0.2) is 87.2 Å². The Balaban J connectivity index is 1.55. The molecule has 36 heavy (non-hydrogen) atoms. The van der Waals surface area contributed by atoms with E-state index in [0.29, 0.717) is 18.6 Å². The van der Waals surface area contributed by atoms with Crippen LogP contribution in [0.1, 0.15) is 50.4 Å². The van der Waals surface area contributed by atoms with Gasteiger partial charge in [-0.1, -0.05) is 27.2 Å². The zero-order valence-electron chi connectivity index (χ0n) is 21.9. The molecule has 9 heteroatoms. The number of ketones is 1. The first kappa shape index (κ1) is 28.1. The molecule has 2 amide bonds. The van der Waals surface area contributed by atoms with Crippen LogP contribution in [-0.2, 0) is 19.1 Å². The highest BCUT2D eigenvalue weighted by atomic mass is 16.5. The molecule has 0 saturated carbocycles. The van der Waals surface area contributed by atoms with Crippen molar-refractivity contribution in [1.29, 1.82) is 0 Å². The highest BCUT2D eigenvalue weighted by Crippen LogP contribution is 2.19. The van der Waals surface area contributed by atoms with Crippen LogP contribution >= 0.6 is 0 Å². The van der Waals surface area contributed by atoms with Gasteiger partial charge >= 0.3 is 0 Å². The molecule has 2 fully saturated rings. The van der Waals surface area contributed by atoms with E-state index in [2.05, 4.69) is 20.9 Å². The lowest BCUT2D eigenvalue weighted by atomic mass is 9.90. The number of carbonyl (C=O) groups excluding carboxylic acids is 3. The molecule has 2 aliphatic heterocycles. The summed E-state index contributed by atoms with van der Waals surface area (Å²) in [5.41, 5.74) is 1.43. The standard InChI is InChI=1S/C27H42N4O5/c1-4-5-21-17-36-18-24(32)25(21)30-27(34)23(16-19(2)3)29-26(33)20-6-8-22(9-7-20)28-10-11-31-12-14-35-15-13-31/h6-9,19,21,23,25,28H,4-5,10-18H2,1-3H3,(H,29,33)(H,30,34)/t21?,23-,25-/m0/s1. The maximum atomic E-state index is 13.2. The lowest BCUT2D eigenvalue weighted by molar-refractivity contribution is -0.138. The molecule has 3 N–H and O–H groups in total. The zero-order chi connectivity index (χ0) is 25.9. The number of ether oxygens (including phenoxy) is 2. The molecule has 1 unspecified atom stereocenters. The first-order valence-corrected chi connectivity index (χ1v) is 13.2. The normalized spacial score (nSPS) is 21.7. The van der Waals surface area contributed by atoms with Crippen LogP contribution in [0.3, 0.4) is 0 Å². The van der Waals surface area contributed by atoms with Crippen molar-refractivity contribution in [1.82, 2.24) is 15.5 Å². The number of nitrogens with one attached hydrogen (secondary N) is 3. The van der Waals surface area contributed by atoms with E-state index in [4.69, 9.17) is 9.47 Å². The second kappa shape index (κ2) is 14.3.